The lowest BCUT2D eigenvalue weighted by atomic mass is 9.53. The number of urea groups is 1. The van der Waals surface area contributed by atoms with Crippen molar-refractivity contribution >= 4 is 17.8 Å². The Labute approximate surface area is 269 Å². The molecule has 2 aromatic carbocycles. The first-order valence-electron chi connectivity index (χ1n) is 16.3. The Hall–Kier alpha value is -3.11. The maximum atomic E-state index is 13.0. The normalized spacial score (nSPS) is 31.9. The van der Waals surface area contributed by atoms with Crippen LogP contribution in [0, 0.1) is 28.9 Å². The fraction of sp³-hybridized carbons (Fsp3) is 0.500. The van der Waals surface area contributed by atoms with Crippen molar-refractivity contribution in [1.29, 1.82) is 0 Å². The zero-order valence-electron chi connectivity index (χ0n) is 25.8. The van der Waals surface area contributed by atoms with Gasteiger partial charge in [-0.3, -0.25) is 0 Å². The van der Waals surface area contributed by atoms with E-state index in [0.717, 1.165) is 64.0 Å². The molecule has 4 bridgehead atoms. The van der Waals surface area contributed by atoms with E-state index >= 15 is 0 Å². The van der Waals surface area contributed by atoms with Crippen molar-refractivity contribution in [2.75, 3.05) is 5.75 Å². The van der Waals surface area contributed by atoms with Crippen LogP contribution in [0.4, 0.5) is 4.79 Å². The molecular weight excluding hydrogens is 586 g/mol. The number of benzene rings is 2. The Bertz CT molecular complexity index is 1450. The van der Waals surface area contributed by atoms with Gasteiger partial charge in [0.25, 0.3) is 5.03 Å². The van der Waals surface area contributed by atoms with Gasteiger partial charge in [0, 0.05) is 41.5 Å². The second-order valence-corrected chi connectivity index (χ2v) is 14.8. The SMILES string of the molecule is C[C@H]1[C@@H](CSc2cccc[n+]2[O-])O[C@@H](c2ccc(CNC(=O)NC34CC5CC(CC(C5)C3)C4)cc2)O[C@H]1c1ccc(CO)cc1. The van der Waals surface area contributed by atoms with E-state index in [1.165, 1.54) is 37.2 Å². The summed E-state index contributed by atoms with van der Waals surface area (Å²) in [6.45, 7) is 2.56. The van der Waals surface area contributed by atoms with Gasteiger partial charge in [-0.1, -0.05) is 67.2 Å². The maximum absolute atomic E-state index is 13.0. The van der Waals surface area contributed by atoms with Crippen molar-refractivity contribution in [3.63, 3.8) is 0 Å². The fourth-order valence-electron chi connectivity index (χ4n) is 8.53. The van der Waals surface area contributed by atoms with E-state index in [9.17, 15) is 15.1 Å². The van der Waals surface area contributed by atoms with Crippen LogP contribution in [-0.2, 0) is 22.6 Å². The Morgan fingerprint density at radius 3 is 2.22 bits per heavy atom. The molecule has 0 radical (unpaired) electrons. The molecule has 4 aliphatic carbocycles. The van der Waals surface area contributed by atoms with Crippen LogP contribution in [0.1, 0.15) is 80.1 Å². The van der Waals surface area contributed by atoms with Crippen LogP contribution in [-0.4, -0.2) is 28.5 Å². The standard InChI is InChI=1S/C36H43N3O5S/c1-23-31(22-45-32-4-2-3-13-39(32)42)43-34(44-33(23)29-9-7-25(21-40)8-10-29)30-11-5-24(6-12-30)20-37-35(41)38-36-17-26-14-27(18-36)16-28(15-26)19-36/h2-13,23,26-28,31,33-34,40H,14-22H2,1H3,(H2,37,38,41)/t23-,26?,27?,28?,31+,33+,34+,36?/m0/s1. The summed E-state index contributed by atoms with van der Waals surface area (Å²) in [5.41, 5.74) is 3.77. The summed E-state index contributed by atoms with van der Waals surface area (Å²) >= 11 is 1.48. The number of rotatable bonds is 9. The first-order valence-corrected chi connectivity index (χ1v) is 17.3. The van der Waals surface area contributed by atoms with Gasteiger partial charge in [-0.25, -0.2) is 4.79 Å². The number of aromatic nitrogens is 1. The van der Waals surface area contributed by atoms with E-state index in [1.807, 2.05) is 60.7 Å². The average Bonchev–Trinajstić information content (AvgIpc) is 3.03. The van der Waals surface area contributed by atoms with Gasteiger partial charge < -0.3 is 30.4 Å². The lowest BCUT2D eigenvalue weighted by molar-refractivity contribution is -0.645. The predicted molar refractivity (Wildman–Crippen MR) is 172 cm³/mol. The molecule has 4 atom stereocenters. The van der Waals surface area contributed by atoms with Crippen LogP contribution in [0.15, 0.2) is 78.0 Å². The number of carbonyl (C=O) groups is 1. The van der Waals surface area contributed by atoms with Gasteiger partial charge in [-0.15, -0.1) is 0 Å². The number of hydrogen-bond donors (Lipinski definition) is 3. The molecule has 1 aromatic heterocycles. The van der Waals surface area contributed by atoms with Crippen molar-refractivity contribution in [2.24, 2.45) is 23.7 Å². The molecule has 0 unspecified atom stereocenters. The molecule has 8 rings (SSSR count). The van der Waals surface area contributed by atoms with Crippen molar-refractivity contribution in [3.05, 3.63) is 100 Å². The number of hydrogen-bond acceptors (Lipinski definition) is 6. The van der Waals surface area contributed by atoms with Gasteiger partial charge in [0.15, 0.2) is 12.5 Å². The highest BCUT2D eigenvalue weighted by atomic mass is 32.2. The predicted octanol–water partition coefficient (Wildman–Crippen LogP) is 6.16. The lowest BCUT2D eigenvalue weighted by Crippen LogP contribution is -2.61. The average molecular weight is 630 g/mol. The Morgan fingerprint density at radius 1 is 0.933 bits per heavy atom. The number of nitrogens with zero attached hydrogens (tertiary/aromatic N) is 1. The molecule has 238 valence electrons. The third-order valence-electron chi connectivity index (χ3n) is 10.4. The Morgan fingerprint density at radius 2 is 1.58 bits per heavy atom. The number of carbonyl (C=O) groups excluding carboxylic acids is 1. The summed E-state index contributed by atoms with van der Waals surface area (Å²) in [6, 6.07) is 21.2. The topological polar surface area (TPSA) is 107 Å². The fourth-order valence-corrected chi connectivity index (χ4v) is 9.61. The number of aliphatic hydroxyl groups excluding tert-OH is 1. The van der Waals surface area contributed by atoms with Crippen LogP contribution in [0.2, 0.25) is 0 Å². The molecule has 1 saturated heterocycles. The number of ether oxygens (including phenoxy) is 2. The number of aliphatic hydroxyl groups is 1. The molecule has 5 fully saturated rings. The monoisotopic (exact) mass is 629 g/mol. The second kappa shape index (κ2) is 12.9. The van der Waals surface area contributed by atoms with Gasteiger partial charge in [0.1, 0.15) is 0 Å². The minimum Gasteiger partial charge on any atom is -0.618 e. The third-order valence-corrected chi connectivity index (χ3v) is 11.5. The van der Waals surface area contributed by atoms with E-state index in [2.05, 4.69) is 17.6 Å². The summed E-state index contributed by atoms with van der Waals surface area (Å²) in [6.07, 6.45) is 7.97. The number of thioether (sulfide) groups is 1. The molecule has 0 spiro atoms. The first kappa shape index (κ1) is 30.5. The quantitative estimate of drug-likeness (QED) is 0.149. The summed E-state index contributed by atoms with van der Waals surface area (Å²) in [5, 5.41) is 28.9. The van der Waals surface area contributed by atoms with Crippen LogP contribution < -0.4 is 15.4 Å². The zero-order chi connectivity index (χ0) is 31.0. The van der Waals surface area contributed by atoms with Crippen molar-refractivity contribution in [2.45, 2.75) is 87.7 Å². The van der Waals surface area contributed by atoms with Gasteiger partial charge in [0.05, 0.1) is 18.8 Å². The third kappa shape index (κ3) is 6.73. The van der Waals surface area contributed by atoms with Crippen molar-refractivity contribution in [3.8, 4) is 0 Å². The molecule has 3 N–H and O–H groups in total. The van der Waals surface area contributed by atoms with E-state index in [1.54, 1.807) is 6.07 Å². The van der Waals surface area contributed by atoms with Crippen LogP contribution >= 0.6 is 11.8 Å². The highest BCUT2D eigenvalue weighted by Gasteiger charge is 2.51. The molecule has 1 aliphatic heterocycles. The van der Waals surface area contributed by atoms with Crippen molar-refractivity contribution < 1.29 is 24.1 Å². The number of nitrogens with one attached hydrogen (secondary N) is 2. The maximum Gasteiger partial charge on any atom is 0.315 e. The highest BCUT2D eigenvalue weighted by Crippen LogP contribution is 2.55. The van der Waals surface area contributed by atoms with Gasteiger partial charge in [-0.05, 0) is 79.0 Å². The molecule has 4 saturated carbocycles. The summed E-state index contributed by atoms with van der Waals surface area (Å²) in [4.78, 5) is 13.0. The molecule has 3 aromatic rings. The summed E-state index contributed by atoms with van der Waals surface area (Å²) in [5.74, 6) is 2.98. The van der Waals surface area contributed by atoms with Crippen LogP contribution in [0.5, 0.6) is 0 Å². The molecular formula is C36H43N3O5S. The Balaban J connectivity index is 1.01. The molecule has 5 aliphatic rings. The Kier molecular flexibility index (Phi) is 8.79. The minimum absolute atomic E-state index is 0.00622. The smallest absolute Gasteiger partial charge is 0.315 e. The molecule has 45 heavy (non-hydrogen) atoms. The summed E-state index contributed by atoms with van der Waals surface area (Å²) < 4.78 is 14.0. The van der Waals surface area contributed by atoms with Gasteiger partial charge >= 0.3 is 6.03 Å². The van der Waals surface area contributed by atoms with Crippen LogP contribution in [0.3, 0.4) is 0 Å². The molecule has 2 heterocycles. The number of pyridine rings is 1. The van der Waals surface area contributed by atoms with Gasteiger partial charge in [-0.2, -0.15) is 4.73 Å². The van der Waals surface area contributed by atoms with E-state index in [4.69, 9.17) is 9.47 Å². The second-order valence-electron chi connectivity index (χ2n) is 13.7. The minimum atomic E-state index is -0.592. The largest absolute Gasteiger partial charge is 0.618 e. The lowest BCUT2D eigenvalue weighted by Gasteiger charge is -2.56. The zero-order valence-corrected chi connectivity index (χ0v) is 26.6. The molecule has 2 amide bonds. The van der Waals surface area contributed by atoms with E-state index in [0.29, 0.717) is 17.3 Å². The highest BCUT2D eigenvalue weighted by molar-refractivity contribution is 7.99. The number of amides is 2. The molecule has 9 heteroatoms. The van der Waals surface area contributed by atoms with E-state index < -0.39 is 6.29 Å². The van der Waals surface area contributed by atoms with Crippen LogP contribution in [0.25, 0.3) is 0 Å². The van der Waals surface area contributed by atoms with Gasteiger partial charge in [0.2, 0.25) is 0 Å². The molecule has 8 nitrogen and oxygen atoms in total. The first-order chi connectivity index (χ1) is 21.9. The van der Waals surface area contributed by atoms with E-state index in [-0.39, 0.29) is 36.3 Å². The summed E-state index contributed by atoms with van der Waals surface area (Å²) in [7, 11) is 0. The van der Waals surface area contributed by atoms with Crippen molar-refractivity contribution in [1.82, 2.24) is 10.6 Å².